The molecule has 2 heterocycles. The highest BCUT2D eigenvalue weighted by Gasteiger charge is 2.24. The van der Waals surface area contributed by atoms with Crippen molar-refractivity contribution in [3.63, 3.8) is 0 Å². The summed E-state index contributed by atoms with van der Waals surface area (Å²) in [4.78, 5) is 8.39. The zero-order valence-corrected chi connectivity index (χ0v) is 9.61. The summed E-state index contributed by atoms with van der Waals surface area (Å²) in [6.45, 7) is 0. The van der Waals surface area contributed by atoms with Crippen LogP contribution in [0.1, 0.15) is 19.3 Å². The third kappa shape index (κ3) is 1.76. The Kier molecular flexibility index (Phi) is 2.49. The molecule has 1 aliphatic carbocycles. The van der Waals surface area contributed by atoms with Crippen molar-refractivity contribution in [2.75, 3.05) is 0 Å². The van der Waals surface area contributed by atoms with Crippen LogP contribution in [0.15, 0.2) is 17.8 Å². The van der Waals surface area contributed by atoms with Crippen LogP contribution in [0.3, 0.4) is 0 Å². The summed E-state index contributed by atoms with van der Waals surface area (Å²) in [5.41, 5.74) is 6.82. The molecule has 1 aliphatic rings. The normalized spacial score (nSPS) is 25.1. The minimum atomic E-state index is 0.218. The summed E-state index contributed by atoms with van der Waals surface area (Å²) in [6.07, 6.45) is 4.77. The monoisotopic (exact) mass is 235 g/mol. The van der Waals surface area contributed by atoms with Gasteiger partial charge in [-0.25, -0.2) is 9.97 Å². The van der Waals surface area contributed by atoms with Crippen molar-refractivity contribution < 1.29 is 4.74 Å². The van der Waals surface area contributed by atoms with Gasteiger partial charge in [-0.1, -0.05) is 0 Å². The lowest BCUT2D eigenvalue weighted by Gasteiger charge is -2.12. The van der Waals surface area contributed by atoms with Crippen LogP contribution in [-0.4, -0.2) is 22.1 Å². The van der Waals surface area contributed by atoms with E-state index >= 15 is 0 Å². The predicted octanol–water partition coefficient (Wildman–Crippen LogP) is 1.95. The van der Waals surface area contributed by atoms with Crippen LogP contribution < -0.4 is 10.5 Å². The Morgan fingerprint density at radius 3 is 3.12 bits per heavy atom. The van der Waals surface area contributed by atoms with Gasteiger partial charge in [0, 0.05) is 6.04 Å². The van der Waals surface area contributed by atoms with Crippen molar-refractivity contribution >= 4 is 21.6 Å². The van der Waals surface area contributed by atoms with Gasteiger partial charge in [0.1, 0.15) is 17.1 Å². The molecule has 0 bridgehead atoms. The van der Waals surface area contributed by atoms with Crippen LogP contribution in [0, 0.1) is 0 Å². The third-order valence-corrected chi connectivity index (χ3v) is 3.81. The van der Waals surface area contributed by atoms with E-state index in [0.717, 1.165) is 29.5 Å². The molecule has 2 atom stereocenters. The van der Waals surface area contributed by atoms with Gasteiger partial charge in [0.15, 0.2) is 0 Å². The maximum Gasteiger partial charge on any atom is 0.235 e. The molecule has 0 radical (unpaired) electrons. The smallest absolute Gasteiger partial charge is 0.235 e. The van der Waals surface area contributed by atoms with Crippen molar-refractivity contribution in [1.82, 2.24) is 9.97 Å². The van der Waals surface area contributed by atoms with Crippen molar-refractivity contribution in [3.8, 4) is 5.88 Å². The van der Waals surface area contributed by atoms with Crippen LogP contribution >= 0.6 is 11.3 Å². The van der Waals surface area contributed by atoms with E-state index in [1.54, 1.807) is 17.7 Å². The quantitative estimate of drug-likeness (QED) is 0.864. The van der Waals surface area contributed by atoms with Gasteiger partial charge in [-0.15, -0.1) is 11.3 Å². The minimum Gasteiger partial charge on any atom is -0.473 e. The Morgan fingerprint density at radius 1 is 1.38 bits per heavy atom. The number of hydrogen-bond donors (Lipinski definition) is 1. The minimum absolute atomic E-state index is 0.218. The van der Waals surface area contributed by atoms with E-state index in [-0.39, 0.29) is 12.1 Å². The number of thiophene rings is 1. The van der Waals surface area contributed by atoms with Gasteiger partial charge in [0.25, 0.3) is 0 Å². The van der Waals surface area contributed by atoms with Gasteiger partial charge in [0.05, 0.1) is 5.52 Å². The largest absolute Gasteiger partial charge is 0.473 e. The average molecular weight is 235 g/mol. The van der Waals surface area contributed by atoms with E-state index in [0.29, 0.717) is 5.88 Å². The molecule has 84 valence electrons. The zero-order chi connectivity index (χ0) is 11.0. The van der Waals surface area contributed by atoms with Crippen molar-refractivity contribution in [1.29, 1.82) is 0 Å². The Bertz CT molecular complexity index is 499. The molecule has 2 aromatic heterocycles. The molecule has 1 saturated carbocycles. The Morgan fingerprint density at radius 2 is 2.31 bits per heavy atom. The predicted molar refractivity (Wildman–Crippen MR) is 63.7 cm³/mol. The summed E-state index contributed by atoms with van der Waals surface area (Å²) in [6, 6.07) is 2.26. The van der Waals surface area contributed by atoms with Crippen molar-refractivity contribution in [2.24, 2.45) is 5.73 Å². The van der Waals surface area contributed by atoms with Gasteiger partial charge < -0.3 is 10.5 Å². The molecule has 2 aromatic rings. The maximum absolute atomic E-state index is 5.90. The van der Waals surface area contributed by atoms with E-state index in [4.69, 9.17) is 10.5 Å². The molecule has 4 nitrogen and oxygen atoms in total. The topological polar surface area (TPSA) is 61.0 Å². The Hall–Kier alpha value is -1.20. The molecule has 2 N–H and O–H groups in total. The molecule has 0 aliphatic heterocycles. The lowest BCUT2D eigenvalue weighted by Crippen LogP contribution is -2.19. The van der Waals surface area contributed by atoms with E-state index < -0.39 is 0 Å². The molecule has 0 amide bonds. The van der Waals surface area contributed by atoms with Crippen molar-refractivity contribution in [2.45, 2.75) is 31.4 Å². The van der Waals surface area contributed by atoms with E-state index in [1.165, 1.54) is 0 Å². The van der Waals surface area contributed by atoms with Crippen LogP contribution in [0.5, 0.6) is 5.88 Å². The second-order valence-corrected chi connectivity index (χ2v) is 5.04. The molecule has 1 fully saturated rings. The zero-order valence-electron chi connectivity index (χ0n) is 8.80. The van der Waals surface area contributed by atoms with Gasteiger partial charge >= 0.3 is 0 Å². The Labute approximate surface area is 97.5 Å². The summed E-state index contributed by atoms with van der Waals surface area (Å²) in [5, 5.41) is 2.01. The van der Waals surface area contributed by atoms with E-state index in [9.17, 15) is 0 Å². The van der Waals surface area contributed by atoms with E-state index in [1.807, 2.05) is 11.4 Å². The fraction of sp³-hybridized carbons (Fsp3) is 0.455. The second kappa shape index (κ2) is 3.99. The van der Waals surface area contributed by atoms with Crippen LogP contribution in [0.25, 0.3) is 10.2 Å². The highest BCUT2D eigenvalue weighted by atomic mass is 32.1. The molecule has 2 unspecified atom stereocenters. The molecule has 16 heavy (non-hydrogen) atoms. The molecule has 0 saturated heterocycles. The maximum atomic E-state index is 5.90. The van der Waals surface area contributed by atoms with Crippen molar-refractivity contribution in [3.05, 3.63) is 17.8 Å². The number of rotatable bonds is 2. The van der Waals surface area contributed by atoms with Gasteiger partial charge in [-0.05, 0) is 30.7 Å². The number of fused-ring (bicyclic) bond motifs is 1. The lowest BCUT2D eigenvalue weighted by atomic mass is 10.3. The van der Waals surface area contributed by atoms with Crippen LogP contribution in [0.4, 0.5) is 0 Å². The number of aromatic nitrogens is 2. The van der Waals surface area contributed by atoms with Crippen LogP contribution in [0.2, 0.25) is 0 Å². The average Bonchev–Trinajstić information content (AvgIpc) is 2.87. The first kappa shape index (κ1) is 9.99. The SMILES string of the molecule is NC1CCC(Oc2ncnc3ccsc23)C1. The number of ether oxygens (including phenoxy) is 1. The van der Waals surface area contributed by atoms with Crippen LogP contribution in [-0.2, 0) is 0 Å². The van der Waals surface area contributed by atoms with Gasteiger partial charge in [-0.3, -0.25) is 0 Å². The first-order valence-electron chi connectivity index (χ1n) is 5.43. The molecular weight excluding hydrogens is 222 g/mol. The first-order chi connectivity index (χ1) is 7.83. The van der Waals surface area contributed by atoms with E-state index in [2.05, 4.69) is 9.97 Å². The summed E-state index contributed by atoms with van der Waals surface area (Å²) >= 11 is 1.62. The summed E-state index contributed by atoms with van der Waals surface area (Å²) in [7, 11) is 0. The molecule has 5 heteroatoms. The number of hydrogen-bond acceptors (Lipinski definition) is 5. The highest BCUT2D eigenvalue weighted by molar-refractivity contribution is 7.17. The summed E-state index contributed by atoms with van der Waals surface area (Å²) in [5.74, 6) is 0.708. The van der Waals surface area contributed by atoms with Gasteiger partial charge in [0.2, 0.25) is 5.88 Å². The second-order valence-electron chi connectivity index (χ2n) is 4.13. The highest BCUT2D eigenvalue weighted by Crippen LogP contribution is 2.30. The van der Waals surface area contributed by atoms with Gasteiger partial charge in [-0.2, -0.15) is 0 Å². The number of nitrogens with zero attached hydrogens (tertiary/aromatic N) is 2. The Balaban J connectivity index is 1.86. The third-order valence-electron chi connectivity index (χ3n) is 2.91. The fourth-order valence-corrected chi connectivity index (χ4v) is 2.86. The fourth-order valence-electron chi connectivity index (χ4n) is 2.09. The molecule has 0 aromatic carbocycles. The molecular formula is C11H13N3OS. The lowest BCUT2D eigenvalue weighted by molar-refractivity contribution is 0.203. The molecule has 3 rings (SSSR count). The standard InChI is InChI=1S/C11H13N3OS/c12-7-1-2-8(5-7)15-11-10-9(3-4-16-10)13-6-14-11/h3-4,6-8H,1-2,5,12H2. The summed E-state index contributed by atoms with van der Waals surface area (Å²) < 4.78 is 6.93. The first-order valence-corrected chi connectivity index (χ1v) is 6.31. The number of nitrogens with two attached hydrogens (primary N) is 1. The molecule has 0 spiro atoms.